The molecule has 0 unspecified atom stereocenters. The quantitative estimate of drug-likeness (QED) is 0.646. The summed E-state index contributed by atoms with van der Waals surface area (Å²) in [6.07, 6.45) is -4.79. The Labute approximate surface area is 73.2 Å². The lowest BCUT2D eigenvalue weighted by Gasteiger charge is -2.24. The third kappa shape index (κ3) is 1.98. The molecule has 0 fully saturated rings. The van der Waals surface area contributed by atoms with E-state index < -0.39 is 29.9 Å². The van der Waals surface area contributed by atoms with Crippen LogP contribution in [0.1, 0.15) is 6.92 Å². The van der Waals surface area contributed by atoms with Gasteiger partial charge in [0.15, 0.2) is 0 Å². The van der Waals surface area contributed by atoms with E-state index in [-0.39, 0.29) is 6.92 Å². The van der Waals surface area contributed by atoms with E-state index in [0.717, 1.165) is 0 Å². The van der Waals surface area contributed by atoms with Gasteiger partial charge in [0.2, 0.25) is 5.83 Å². The van der Waals surface area contributed by atoms with Crippen LogP contribution in [0.25, 0.3) is 0 Å². The maximum atomic E-state index is 12.2. The van der Waals surface area contributed by atoms with Crippen molar-refractivity contribution in [2.45, 2.75) is 25.2 Å². The zero-order valence-electron chi connectivity index (χ0n) is 6.60. The van der Waals surface area contributed by atoms with Gasteiger partial charge in [0.05, 0.1) is 0 Å². The second-order valence-corrected chi connectivity index (χ2v) is 2.35. The van der Waals surface area contributed by atoms with Gasteiger partial charge in [-0.3, -0.25) is 0 Å². The minimum absolute atomic E-state index is 0.116. The van der Waals surface area contributed by atoms with Gasteiger partial charge in [-0.05, 0) is 6.92 Å². The Morgan fingerprint density at radius 3 is 1.57 bits per heavy atom. The Kier molecular flexibility index (Phi) is 3.52. The fourth-order valence-electron chi connectivity index (χ4n) is 0.500. The second-order valence-electron chi connectivity index (χ2n) is 2.35. The van der Waals surface area contributed by atoms with Gasteiger partial charge in [-0.2, -0.15) is 17.6 Å². The van der Waals surface area contributed by atoms with E-state index in [1.165, 1.54) is 0 Å². The number of halogens is 8. The molecule has 0 aliphatic carbocycles. The molecule has 0 N–H and O–H groups in total. The Hall–Kier alpha value is -0.820. The van der Waals surface area contributed by atoms with Gasteiger partial charge in [-0.1, -0.05) is 0 Å². The van der Waals surface area contributed by atoms with Gasteiger partial charge in [0.25, 0.3) is 0 Å². The van der Waals surface area contributed by atoms with Gasteiger partial charge < -0.3 is 0 Å². The van der Waals surface area contributed by atoms with Crippen LogP contribution in [0, 0.1) is 0 Å². The summed E-state index contributed by atoms with van der Waals surface area (Å²) >= 11 is 0. The second kappa shape index (κ2) is 3.74. The highest BCUT2D eigenvalue weighted by atomic mass is 19.3. The number of alkyl halides is 6. The number of rotatable bonds is 3. The van der Waals surface area contributed by atoms with Crippen molar-refractivity contribution in [3.63, 3.8) is 0 Å². The monoisotopic (exact) mass is 228 g/mol. The zero-order chi connectivity index (χ0) is 11.7. The van der Waals surface area contributed by atoms with Crippen molar-refractivity contribution in [2.24, 2.45) is 0 Å². The van der Waals surface area contributed by atoms with Crippen LogP contribution < -0.4 is 0 Å². The number of hydrogen-bond acceptors (Lipinski definition) is 0. The molecule has 0 aliphatic rings. The van der Waals surface area contributed by atoms with Gasteiger partial charge in [0, 0.05) is 0 Å². The summed E-state index contributed by atoms with van der Waals surface area (Å²) in [6, 6.07) is 0. The predicted molar refractivity (Wildman–Crippen MR) is 30.8 cm³/mol. The lowest BCUT2D eigenvalue weighted by Crippen LogP contribution is -2.47. The van der Waals surface area contributed by atoms with E-state index >= 15 is 0 Å². The maximum Gasteiger partial charge on any atom is 0.376 e. The summed E-state index contributed by atoms with van der Waals surface area (Å²) in [4.78, 5) is 0. The normalized spacial score (nSPS) is 15.9. The summed E-state index contributed by atoms with van der Waals surface area (Å²) in [5.74, 6) is -17.2. The van der Waals surface area contributed by atoms with Gasteiger partial charge in [-0.15, -0.1) is 0 Å². The van der Waals surface area contributed by atoms with Crippen LogP contribution in [0.3, 0.4) is 0 Å². The molecule has 0 aromatic rings. The fraction of sp³-hybridized carbons (Fsp3) is 0.667. The fourth-order valence-corrected chi connectivity index (χ4v) is 0.500. The zero-order valence-corrected chi connectivity index (χ0v) is 6.60. The lowest BCUT2D eigenvalue weighted by molar-refractivity contribution is -0.253. The first-order valence-corrected chi connectivity index (χ1v) is 3.11. The van der Waals surface area contributed by atoms with Crippen molar-refractivity contribution in [3.8, 4) is 0 Å². The van der Waals surface area contributed by atoms with E-state index in [1.807, 2.05) is 0 Å². The molecule has 84 valence electrons. The van der Waals surface area contributed by atoms with E-state index in [9.17, 15) is 35.1 Å². The summed E-state index contributed by atoms with van der Waals surface area (Å²) < 4.78 is 95.1. The van der Waals surface area contributed by atoms with Gasteiger partial charge in [0.1, 0.15) is 5.83 Å². The van der Waals surface area contributed by atoms with Crippen LogP contribution in [-0.4, -0.2) is 18.3 Å². The largest absolute Gasteiger partial charge is 0.376 e. The highest BCUT2D eigenvalue weighted by Crippen LogP contribution is 2.45. The summed E-state index contributed by atoms with van der Waals surface area (Å²) in [5.41, 5.74) is 0. The van der Waals surface area contributed by atoms with Crippen molar-refractivity contribution >= 4 is 0 Å². The molecule has 0 saturated heterocycles. The maximum absolute atomic E-state index is 12.2. The number of allylic oxidation sites excluding steroid dienone is 2. The third-order valence-electron chi connectivity index (χ3n) is 1.27. The average Bonchev–Trinajstić information content (AvgIpc) is 2.01. The highest BCUT2D eigenvalue weighted by Gasteiger charge is 2.66. The highest BCUT2D eigenvalue weighted by molar-refractivity contribution is 5.13. The van der Waals surface area contributed by atoms with Crippen LogP contribution in [0.4, 0.5) is 35.1 Å². The standard InChI is InChI=1S/C6H4F8/c1-2(7)3(8)5(11,12)6(13,14)4(9)10/h4H,1H3. The molecule has 8 heteroatoms. The van der Waals surface area contributed by atoms with Crippen LogP contribution in [0.15, 0.2) is 11.7 Å². The first-order valence-electron chi connectivity index (χ1n) is 3.11. The van der Waals surface area contributed by atoms with Crippen molar-refractivity contribution in [2.75, 3.05) is 0 Å². The molecular formula is C6H4F8. The molecule has 0 amide bonds. The van der Waals surface area contributed by atoms with Crippen LogP contribution in [0.5, 0.6) is 0 Å². The number of hydrogen-bond donors (Lipinski definition) is 0. The van der Waals surface area contributed by atoms with Crippen LogP contribution in [-0.2, 0) is 0 Å². The van der Waals surface area contributed by atoms with E-state index in [1.54, 1.807) is 0 Å². The minimum atomic E-state index is -5.94. The Morgan fingerprint density at radius 1 is 1.00 bits per heavy atom. The molecule has 14 heavy (non-hydrogen) atoms. The third-order valence-corrected chi connectivity index (χ3v) is 1.27. The Balaban J connectivity index is 5.26. The van der Waals surface area contributed by atoms with E-state index in [0.29, 0.717) is 0 Å². The molecule has 0 bridgehead atoms. The topological polar surface area (TPSA) is 0 Å². The molecule has 0 aromatic heterocycles. The van der Waals surface area contributed by atoms with E-state index in [4.69, 9.17) is 0 Å². The van der Waals surface area contributed by atoms with Crippen molar-refractivity contribution in [1.29, 1.82) is 0 Å². The first-order chi connectivity index (χ1) is 6.05. The molecule has 0 nitrogen and oxygen atoms in total. The van der Waals surface area contributed by atoms with Crippen molar-refractivity contribution in [1.82, 2.24) is 0 Å². The van der Waals surface area contributed by atoms with Crippen LogP contribution >= 0.6 is 0 Å². The summed E-state index contributed by atoms with van der Waals surface area (Å²) in [5, 5.41) is 0. The molecule has 0 radical (unpaired) electrons. The molecule has 0 heterocycles. The molecule has 0 saturated carbocycles. The van der Waals surface area contributed by atoms with Crippen LogP contribution in [0.2, 0.25) is 0 Å². The summed E-state index contributed by atoms with van der Waals surface area (Å²) in [6.45, 7) is 0.116. The van der Waals surface area contributed by atoms with Crippen molar-refractivity contribution in [3.05, 3.63) is 11.7 Å². The average molecular weight is 228 g/mol. The Bertz CT molecular complexity index is 236. The SMILES string of the molecule is CC(F)=C(F)C(F)(F)C(F)(F)C(F)F. The van der Waals surface area contributed by atoms with Gasteiger partial charge >= 0.3 is 18.3 Å². The molecule has 0 spiro atoms. The lowest BCUT2D eigenvalue weighted by atomic mass is 10.1. The molecule has 0 atom stereocenters. The molecule has 0 aromatic carbocycles. The first kappa shape index (κ1) is 13.2. The smallest absolute Gasteiger partial charge is 0.209 e. The molecule has 0 aliphatic heterocycles. The molecular weight excluding hydrogens is 224 g/mol. The van der Waals surface area contributed by atoms with Crippen molar-refractivity contribution < 1.29 is 35.1 Å². The summed E-state index contributed by atoms with van der Waals surface area (Å²) in [7, 11) is 0. The molecule has 0 rings (SSSR count). The Morgan fingerprint density at radius 2 is 1.36 bits per heavy atom. The predicted octanol–water partition coefficient (Wildman–Crippen LogP) is 3.69. The van der Waals surface area contributed by atoms with E-state index in [2.05, 4.69) is 0 Å². The minimum Gasteiger partial charge on any atom is -0.209 e. The van der Waals surface area contributed by atoms with Gasteiger partial charge in [-0.25, -0.2) is 17.6 Å².